The molecule has 1 aromatic rings. The van der Waals surface area contributed by atoms with Crippen LogP contribution in [0.3, 0.4) is 0 Å². The molecule has 1 aliphatic carbocycles. The summed E-state index contributed by atoms with van der Waals surface area (Å²) < 4.78 is 0. The Morgan fingerprint density at radius 3 is 1.94 bits per heavy atom. The van der Waals surface area contributed by atoms with Crippen molar-refractivity contribution in [2.24, 2.45) is 11.8 Å². The van der Waals surface area contributed by atoms with Crippen LogP contribution in [0.15, 0.2) is 30.3 Å². The van der Waals surface area contributed by atoms with Crippen LogP contribution in [-0.2, 0) is 0 Å². The standard InChI is InChI=1S/C14H14N2/c15-9-11-6-12(10-16)8-14(7-11)13-4-2-1-3-5-13/h1-5,11-12,14H,6-8H2. The maximum Gasteiger partial charge on any atom is 0.0656 e. The molecule has 1 aromatic carbocycles. The van der Waals surface area contributed by atoms with Crippen molar-refractivity contribution in [2.75, 3.05) is 0 Å². The Bertz CT molecular complexity index is 402. The average molecular weight is 210 g/mol. The molecule has 2 unspecified atom stereocenters. The number of hydrogen-bond donors (Lipinski definition) is 0. The number of hydrogen-bond acceptors (Lipinski definition) is 2. The van der Waals surface area contributed by atoms with Crippen LogP contribution in [0.2, 0.25) is 0 Å². The molecule has 1 fully saturated rings. The summed E-state index contributed by atoms with van der Waals surface area (Å²) >= 11 is 0. The maximum atomic E-state index is 9.01. The van der Waals surface area contributed by atoms with Crippen LogP contribution in [0, 0.1) is 34.5 Å². The normalized spacial score (nSPS) is 29.0. The van der Waals surface area contributed by atoms with Crippen molar-refractivity contribution < 1.29 is 0 Å². The second-order valence-electron chi connectivity index (χ2n) is 4.47. The van der Waals surface area contributed by atoms with Gasteiger partial charge in [0.2, 0.25) is 0 Å². The Balaban J connectivity index is 2.17. The molecule has 0 heterocycles. The molecule has 0 spiro atoms. The Morgan fingerprint density at radius 2 is 1.44 bits per heavy atom. The molecule has 0 aromatic heterocycles. The van der Waals surface area contributed by atoms with E-state index in [1.807, 2.05) is 18.2 Å². The van der Waals surface area contributed by atoms with Crippen LogP contribution >= 0.6 is 0 Å². The highest BCUT2D eigenvalue weighted by Crippen LogP contribution is 2.38. The number of nitrogens with zero attached hydrogens (tertiary/aromatic N) is 2. The smallest absolute Gasteiger partial charge is 0.0656 e. The van der Waals surface area contributed by atoms with Gasteiger partial charge in [0.05, 0.1) is 12.1 Å². The Kier molecular flexibility index (Phi) is 3.22. The van der Waals surface area contributed by atoms with Crippen molar-refractivity contribution in [3.8, 4) is 12.1 Å². The van der Waals surface area contributed by atoms with Crippen LogP contribution < -0.4 is 0 Å². The summed E-state index contributed by atoms with van der Waals surface area (Å²) in [6.07, 6.45) is 2.55. The average Bonchev–Trinajstić information content (AvgIpc) is 2.39. The van der Waals surface area contributed by atoms with Crippen LogP contribution in [0.1, 0.15) is 30.7 Å². The maximum absolute atomic E-state index is 9.01. The molecule has 0 aliphatic heterocycles. The van der Waals surface area contributed by atoms with Crippen LogP contribution in [-0.4, -0.2) is 0 Å². The summed E-state index contributed by atoms with van der Waals surface area (Å²) in [6.45, 7) is 0. The lowest BCUT2D eigenvalue weighted by molar-refractivity contribution is 0.324. The molecular formula is C14H14N2. The molecule has 0 amide bonds. The van der Waals surface area contributed by atoms with Crippen LogP contribution in [0.5, 0.6) is 0 Å². The molecule has 16 heavy (non-hydrogen) atoms. The van der Waals surface area contributed by atoms with E-state index >= 15 is 0 Å². The van der Waals surface area contributed by atoms with Gasteiger partial charge in [0.15, 0.2) is 0 Å². The fourth-order valence-electron chi connectivity index (χ4n) is 2.53. The molecular weight excluding hydrogens is 196 g/mol. The first-order valence-electron chi connectivity index (χ1n) is 5.67. The predicted octanol–water partition coefficient (Wildman–Crippen LogP) is 3.23. The van der Waals surface area contributed by atoms with Gasteiger partial charge in [0.25, 0.3) is 0 Å². The zero-order chi connectivity index (χ0) is 11.4. The molecule has 1 aliphatic rings. The number of benzene rings is 1. The second-order valence-corrected chi connectivity index (χ2v) is 4.47. The lowest BCUT2D eigenvalue weighted by Gasteiger charge is -2.28. The van der Waals surface area contributed by atoms with Gasteiger partial charge in [-0.15, -0.1) is 0 Å². The van der Waals surface area contributed by atoms with Crippen molar-refractivity contribution in [1.29, 1.82) is 10.5 Å². The Morgan fingerprint density at radius 1 is 0.875 bits per heavy atom. The third kappa shape index (κ3) is 2.23. The van der Waals surface area contributed by atoms with Gasteiger partial charge in [0, 0.05) is 11.8 Å². The summed E-state index contributed by atoms with van der Waals surface area (Å²) in [6, 6.07) is 14.9. The van der Waals surface area contributed by atoms with E-state index in [4.69, 9.17) is 10.5 Å². The first kappa shape index (κ1) is 10.7. The van der Waals surface area contributed by atoms with Gasteiger partial charge in [-0.2, -0.15) is 10.5 Å². The minimum Gasteiger partial charge on any atom is -0.198 e. The lowest BCUT2D eigenvalue weighted by atomic mass is 9.73. The van der Waals surface area contributed by atoms with Crippen LogP contribution in [0.4, 0.5) is 0 Å². The number of nitriles is 2. The largest absolute Gasteiger partial charge is 0.198 e. The fourth-order valence-corrected chi connectivity index (χ4v) is 2.53. The predicted molar refractivity (Wildman–Crippen MR) is 61.2 cm³/mol. The van der Waals surface area contributed by atoms with E-state index in [1.165, 1.54) is 5.56 Å². The van der Waals surface area contributed by atoms with E-state index < -0.39 is 0 Å². The van der Waals surface area contributed by atoms with Crippen LogP contribution in [0.25, 0.3) is 0 Å². The first-order valence-corrected chi connectivity index (χ1v) is 5.67. The molecule has 0 radical (unpaired) electrons. The third-order valence-electron chi connectivity index (χ3n) is 3.34. The second kappa shape index (κ2) is 4.81. The zero-order valence-electron chi connectivity index (χ0n) is 9.13. The zero-order valence-corrected chi connectivity index (χ0v) is 9.13. The number of rotatable bonds is 1. The summed E-state index contributed by atoms with van der Waals surface area (Å²) in [4.78, 5) is 0. The van der Waals surface area contributed by atoms with E-state index in [9.17, 15) is 0 Å². The fraction of sp³-hybridized carbons (Fsp3) is 0.429. The highest BCUT2D eigenvalue weighted by molar-refractivity contribution is 5.21. The lowest BCUT2D eigenvalue weighted by Crippen LogP contribution is -2.19. The molecule has 2 heteroatoms. The summed E-state index contributed by atoms with van der Waals surface area (Å²) in [7, 11) is 0. The monoisotopic (exact) mass is 210 g/mol. The highest BCUT2D eigenvalue weighted by Gasteiger charge is 2.29. The minimum absolute atomic E-state index is 0.0450. The van der Waals surface area contributed by atoms with E-state index in [1.54, 1.807) is 0 Å². The SMILES string of the molecule is N#CC1CC(C#N)CC(c2ccccc2)C1. The molecule has 2 rings (SSSR count). The summed E-state index contributed by atoms with van der Waals surface area (Å²) in [5, 5.41) is 18.0. The Hall–Kier alpha value is -1.80. The van der Waals surface area contributed by atoms with Gasteiger partial charge in [-0.1, -0.05) is 30.3 Å². The minimum atomic E-state index is 0.0450. The van der Waals surface area contributed by atoms with E-state index in [2.05, 4.69) is 24.3 Å². The molecule has 0 saturated heterocycles. The van der Waals surface area contributed by atoms with Crippen molar-refractivity contribution in [1.82, 2.24) is 0 Å². The summed E-state index contributed by atoms with van der Waals surface area (Å²) in [5.41, 5.74) is 1.27. The van der Waals surface area contributed by atoms with Crippen molar-refractivity contribution in [3.05, 3.63) is 35.9 Å². The van der Waals surface area contributed by atoms with Gasteiger partial charge >= 0.3 is 0 Å². The first-order chi connectivity index (χ1) is 7.83. The van der Waals surface area contributed by atoms with E-state index in [-0.39, 0.29) is 11.8 Å². The quantitative estimate of drug-likeness (QED) is 0.714. The molecule has 80 valence electrons. The molecule has 2 nitrogen and oxygen atoms in total. The van der Waals surface area contributed by atoms with E-state index in [0.717, 1.165) is 19.3 Å². The third-order valence-corrected chi connectivity index (χ3v) is 3.34. The molecule has 0 N–H and O–H groups in total. The van der Waals surface area contributed by atoms with Gasteiger partial charge in [-0.05, 0) is 30.7 Å². The van der Waals surface area contributed by atoms with Gasteiger partial charge in [-0.3, -0.25) is 0 Å². The Labute approximate surface area is 96.1 Å². The van der Waals surface area contributed by atoms with Crippen molar-refractivity contribution in [3.63, 3.8) is 0 Å². The summed E-state index contributed by atoms with van der Waals surface area (Å²) in [5.74, 6) is 0.469. The molecule has 1 saturated carbocycles. The topological polar surface area (TPSA) is 47.6 Å². The van der Waals surface area contributed by atoms with Gasteiger partial charge in [-0.25, -0.2) is 0 Å². The van der Waals surface area contributed by atoms with Crippen molar-refractivity contribution >= 4 is 0 Å². The molecule has 0 bridgehead atoms. The van der Waals surface area contributed by atoms with Gasteiger partial charge < -0.3 is 0 Å². The highest BCUT2D eigenvalue weighted by atomic mass is 14.4. The molecule has 2 atom stereocenters. The van der Waals surface area contributed by atoms with Gasteiger partial charge in [0.1, 0.15) is 0 Å². The van der Waals surface area contributed by atoms with Crippen molar-refractivity contribution in [2.45, 2.75) is 25.2 Å². The van der Waals surface area contributed by atoms with E-state index in [0.29, 0.717) is 5.92 Å².